The number of halogens is 1. The van der Waals surface area contributed by atoms with E-state index in [1.165, 1.54) is 6.20 Å². The number of nitrogen functional groups attached to an aromatic ring is 1. The summed E-state index contributed by atoms with van der Waals surface area (Å²) in [6, 6.07) is 1.67. The minimum atomic E-state index is -0.0787. The maximum Gasteiger partial charge on any atom is 0.255 e. The average molecular weight is 299 g/mol. The predicted octanol–water partition coefficient (Wildman–Crippen LogP) is 1.66. The number of nitrogens with zero attached hydrogens (tertiary/aromatic N) is 2. The highest BCUT2D eigenvalue weighted by Gasteiger charge is 2.30. The number of carbonyl (C=O) groups excluding carboxylic acids is 1. The first-order chi connectivity index (χ1) is 9.56. The quantitative estimate of drug-likeness (QED) is 0.655. The lowest BCUT2D eigenvalue weighted by Crippen LogP contribution is -2.51. The lowest BCUT2D eigenvalue weighted by atomic mass is 10.1. The van der Waals surface area contributed by atoms with Crippen molar-refractivity contribution in [1.82, 2.24) is 9.88 Å². The lowest BCUT2D eigenvalue weighted by Gasteiger charge is -2.38. The van der Waals surface area contributed by atoms with E-state index in [2.05, 4.69) is 10.4 Å². The molecule has 2 heterocycles. The van der Waals surface area contributed by atoms with Crippen molar-refractivity contribution < 1.29 is 9.53 Å². The first-order valence-corrected chi connectivity index (χ1v) is 6.99. The molecule has 0 radical (unpaired) electrons. The molecule has 2 atom stereocenters. The minimum absolute atomic E-state index is 0.0372. The second kappa shape index (κ2) is 6.39. The molecule has 7 heteroatoms. The van der Waals surface area contributed by atoms with E-state index < -0.39 is 0 Å². The number of pyridine rings is 1. The maximum absolute atomic E-state index is 12.6. The largest absolute Gasteiger partial charge is 0.375 e. The fourth-order valence-electron chi connectivity index (χ4n) is 2.26. The Morgan fingerprint density at radius 3 is 3.05 bits per heavy atom. The molecule has 110 valence electrons. The molecule has 1 saturated heterocycles. The van der Waals surface area contributed by atoms with E-state index in [1.807, 2.05) is 18.7 Å². The molecule has 1 amide bonds. The standard InChI is InChI=1S/C13H19ClN4O2/c1-3-10-7-20-8(2)6-18(10)13(19)9-4-11(14)12(17-15)16-5-9/h4-5,8,10H,3,6-7,15H2,1-2H3,(H,16,17). The number of hydrogen-bond donors (Lipinski definition) is 2. The van der Waals surface area contributed by atoms with Crippen molar-refractivity contribution in [3.63, 3.8) is 0 Å². The fraction of sp³-hybridized carbons (Fsp3) is 0.538. The monoisotopic (exact) mass is 298 g/mol. The number of ether oxygens (including phenoxy) is 1. The number of nitrogens with one attached hydrogen (secondary N) is 1. The van der Waals surface area contributed by atoms with Gasteiger partial charge in [0.2, 0.25) is 0 Å². The molecule has 1 fully saturated rings. The summed E-state index contributed by atoms with van der Waals surface area (Å²) >= 11 is 6.01. The van der Waals surface area contributed by atoms with E-state index in [1.54, 1.807) is 6.07 Å². The number of hydrazine groups is 1. The van der Waals surface area contributed by atoms with E-state index in [0.29, 0.717) is 29.6 Å². The molecular weight excluding hydrogens is 280 g/mol. The van der Waals surface area contributed by atoms with Gasteiger partial charge in [0.15, 0.2) is 5.82 Å². The topological polar surface area (TPSA) is 80.5 Å². The van der Waals surface area contributed by atoms with Gasteiger partial charge in [-0.25, -0.2) is 10.8 Å². The smallest absolute Gasteiger partial charge is 0.255 e. The van der Waals surface area contributed by atoms with E-state index in [-0.39, 0.29) is 18.1 Å². The Kier molecular flexibility index (Phi) is 4.80. The van der Waals surface area contributed by atoms with Crippen molar-refractivity contribution in [2.75, 3.05) is 18.6 Å². The molecule has 0 aliphatic carbocycles. The van der Waals surface area contributed by atoms with Crippen LogP contribution in [0.15, 0.2) is 12.3 Å². The third kappa shape index (κ3) is 3.03. The van der Waals surface area contributed by atoms with E-state index in [4.69, 9.17) is 22.2 Å². The Hall–Kier alpha value is -1.37. The number of hydrogen-bond acceptors (Lipinski definition) is 5. The Morgan fingerprint density at radius 1 is 1.70 bits per heavy atom. The van der Waals surface area contributed by atoms with E-state index in [0.717, 1.165) is 6.42 Å². The highest BCUT2D eigenvalue weighted by molar-refractivity contribution is 6.33. The van der Waals surface area contributed by atoms with Crippen molar-refractivity contribution in [2.45, 2.75) is 32.4 Å². The third-order valence-electron chi connectivity index (χ3n) is 3.42. The van der Waals surface area contributed by atoms with Crippen LogP contribution in [0.2, 0.25) is 5.02 Å². The average Bonchev–Trinajstić information content (AvgIpc) is 2.46. The van der Waals surface area contributed by atoms with Crippen LogP contribution in [0.1, 0.15) is 30.6 Å². The van der Waals surface area contributed by atoms with Crippen molar-refractivity contribution in [2.24, 2.45) is 5.84 Å². The summed E-state index contributed by atoms with van der Waals surface area (Å²) in [7, 11) is 0. The van der Waals surface area contributed by atoms with Gasteiger partial charge in [0.05, 0.1) is 29.3 Å². The summed E-state index contributed by atoms with van der Waals surface area (Å²) in [5.41, 5.74) is 2.84. The molecule has 6 nitrogen and oxygen atoms in total. The van der Waals surface area contributed by atoms with Crippen LogP contribution in [-0.4, -0.2) is 41.1 Å². The molecule has 1 aliphatic heterocycles. The summed E-state index contributed by atoms with van der Waals surface area (Å²) in [4.78, 5) is 18.5. The summed E-state index contributed by atoms with van der Waals surface area (Å²) in [6.07, 6.45) is 2.37. The minimum Gasteiger partial charge on any atom is -0.375 e. The van der Waals surface area contributed by atoms with E-state index in [9.17, 15) is 4.79 Å². The summed E-state index contributed by atoms with van der Waals surface area (Å²) in [6.45, 7) is 5.13. The number of amides is 1. The normalized spacial score (nSPS) is 22.7. The predicted molar refractivity (Wildman–Crippen MR) is 77.6 cm³/mol. The first kappa shape index (κ1) is 15.0. The second-order valence-electron chi connectivity index (χ2n) is 4.86. The summed E-state index contributed by atoms with van der Waals surface area (Å²) in [5.74, 6) is 5.55. The van der Waals surface area contributed by atoms with Gasteiger partial charge in [0, 0.05) is 12.7 Å². The zero-order valence-corrected chi connectivity index (χ0v) is 12.4. The number of anilines is 1. The van der Waals surface area contributed by atoms with Gasteiger partial charge in [0.25, 0.3) is 5.91 Å². The van der Waals surface area contributed by atoms with Gasteiger partial charge in [-0.05, 0) is 19.4 Å². The van der Waals surface area contributed by atoms with Gasteiger partial charge in [-0.15, -0.1) is 0 Å². The number of aromatic nitrogens is 1. The Labute approximate surface area is 123 Å². The SMILES string of the molecule is CCC1COC(C)CN1C(=O)c1cnc(NN)c(Cl)c1. The van der Waals surface area contributed by atoms with Gasteiger partial charge < -0.3 is 15.1 Å². The Bertz CT molecular complexity index is 497. The molecule has 0 saturated carbocycles. The first-order valence-electron chi connectivity index (χ1n) is 6.61. The van der Waals surface area contributed by atoms with Crippen LogP contribution in [0.5, 0.6) is 0 Å². The molecule has 2 unspecified atom stereocenters. The van der Waals surface area contributed by atoms with Crippen LogP contribution in [0.4, 0.5) is 5.82 Å². The Balaban J connectivity index is 2.22. The number of nitrogens with two attached hydrogens (primary N) is 1. The van der Waals surface area contributed by atoms with Gasteiger partial charge in [-0.3, -0.25) is 4.79 Å². The van der Waals surface area contributed by atoms with Crippen LogP contribution in [0.25, 0.3) is 0 Å². The Morgan fingerprint density at radius 2 is 2.45 bits per heavy atom. The van der Waals surface area contributed by atoms with Crippen LogP contribution in [0, 0.1) is 0 Å². The molecule has 20 heavy (non-hydrogen) atoms. The van der Waals surface area contributed by atoms with Crippen LogP contribution in [-0.2, 0) is 4.74 Å². The van der Waals surface area contributed by atoms with Gasteiger partial charge in [0.1, 0.15) is 0 Å². The van der Waals surface area contributed by atoms with Crippen LogP contribution < -0.4 is 11.3 Å². The highest BCUT2D eigenvalue weighted by Crippen LogP contribution is 2.22. The molecule has 1 aromatic rings. The second-order valence-corrected chi connectivity index (χ2v) is 5.27. The number of morpholine rings is 1. The van der Waals surface area contributed by atoms with Crippen molar-refractivity contribution >= 4 is 23.3 Å². The molecule has 1 aromatic heterocycles. The van der Waals surface area contributed by atoms with Gasteiger partial charge in [-0.2, -0.15) is 0 Å². The zero-order chi connectivity index (χ0) is 14.7. The zero-order valence-electron chi connectivity index (χ0n) is 11.6. The molecule has 0 spiro atoms. The van der Waals surface area contributed by atoms with Crippen molar-refractivity contribution in [1.29, 1.82) is 0 Å². The van der Waals surface area contributed by atoms with Gasteiger partial charge >= 0.3 is 0 Å². The highest BCUT2D eigenvalue weighted by atomic mass is 35.5. The molecule has 0 bridgehead atoms. The van der Waals surface area contributed by atoms with Crippen LogP contribution in [0.3, 0.4) is 0 Å². The van der Waals surface area contributed by atoms with Crippen molar-refractivity contribution in [3.8, 4) is 0 Å². The lowest BCUT2D eigenvalue weighted by molar-refractivity contribution is -0.0444. The molecule has 2 rings (SSSR count). The summed E-state index contributed by atoms with van der Waals surface area (Å²) < 4.78 is 5.60. The molecular formula is C13H19ClN4O2. The van der Waals surface area contributed by atoms with Gasteiger partial charge in [-0.1, -0.05) is 18.5 Å². The third-order valence-corrected chi connectivity index (χ3v) is 3.71. The van der Waals surface area contributed by atoms with Crippen LogP contribution >= 0.6 is 11.6 Å². The molecule has 0 aromatic carbocycles. The van der Waals surface area contributed by atoms with Crippen molar-refractivity contribution in [3.05, 3.63) is 22.8 Å². The number of carbonyl (C=O) groups is 1. The fourth-order valence-corrected chi connectivity index (χ4v) is 2.48. The number of rotatable bonds is 3. The maximum atomic E-state index is 12.6. The summed E-state index contributed by atoms with van der Waals surface area (Å²) in [5, 5.41) is 0.327. The molecule has 3 N–H and O–H groups in total. The van der Waals surface area contributed by atoms with E-state index >= 15 is 0 Å². The molecule has 1 aliphatic rings.